The average Bonchev–Trinajstić information content (AvgIpc) is 2.96. The Bertz CT molecular complexity index is 417. The molecule has 0 spiro atoms. The van der Waals surface area contributed by atoms with Crippen molar-refractivity contribution >= 4 is 0 Å². The van der Waals surface area contributed by atoms with E-state index >= 15 is 0 Å². The highest BCUT2D eigenvalue weighted by Crippen LogP contribution is 2.23. The van der Waals surface area contributed by atoms with Gasteiger partial charge in [0, 0.05) is 32.5 Å². The molecule has 2 aliphatic rings. The normalized spacial score (nSPS) is 28.6. The van der Waals surface area contributed by atoms with Crippen LogP contribution in [0.3, 0.4) is 0 Å². The molecule has 0 amide bonds. The first-order valence-corrected chi connectivity index (χ1v) is 6.96. The van der Waals surface area contributed by atoms with Crippen LogP contribution in [-0.4, -0.2) is 51.5 Å². The van der Waals surface area contributed by atoms with E-state index in [-0.39, 0.29) is 6.61 Å². The van der Waals surface area contributed by atoms with Crippen molar-refractivity contribution in [1.82, 2.24) is 19.7 Å². The first-order chi connectivity index (χ1) is 8.76. The van der Waals surface area contributed by atoms with Crippen molar-refractivity contribution < 1.29 is 5.11 Å². The van der Waals surface area contributed by atoms with Crippen LogP contribution in [0, 0.1) is 11.8 Å². The molecule has 5 heteroatoms. The van der Waals surface area contributed by atoms with Gasteiger partial charge < -0.3 is 14.6 Å². The fourth-order valence-electron chi connectivity index (χ4n) is 3.21. The van der Waals surface area contributed by atoms with Gasteiger partial charge in [-0.05, 0) is 38.3 Å². The molecule has 1 N–H and O–H groups in total. The Kier molecular flexibility index (Phi) is 3.35. The van der Waals surface area contributed by atoms with Crippen LogP contribution in [0.2, 0.25) is 0 Å². The summed E-state index contributed by atoms with van der Waals surface area (Å²) in [4.78, 5) is 2.39. The van der Waals surface area contributed by atoms with Crippen LogP contribution in [0.5, 0.6) is 0 Å². The Morgan fingerprint density at radius 2 is 2.06 bits per heavy atom. The molecule has 1 saturated heterocycles. The maximum Gasteiger partial charge on any atom is 0.133 e. The molecule has 2 atom stereocenters. The van der Waals surface area contributed by atoms with E-state index in [0.717, 1.165) is 43.4 Å². The monoisotopic (exact) mass is 250 g/mol. The van der Waals surface area contributed by atoms with Crippen LogP contribution in [-0.2, 0) is 19.4 Å². The molecule has 0 aromatic carbocycles. The molecular formula is C13H22N4O. The van der Waals surface area contributed by atoms with Crippen molar-refractivity contribution in [2.75, 3.05) is 26.7 Å². The summed E-state index contributed by atoms with van der Waals surface area (Å²) in [6.45, 7) is 3.64. The number of nitrogens with zero attached hydrogens (tertiary/aromatic N) is 4. The van der Waals surface area contributed by atoms with Gasteiger partial charge in [-0.15, -0.1) is 10.2 Å². The minimum atomic E-state index is 0.273. The largest absolute Gasteiger partial charge is 0.396 e. The Morgan fingerprint density at radius 3 is 2.78 bits per heavy atom. The molecule has 18 heavy (non-hydrogen) atoms. The fraction of sp³-hybridized carbons (Fsp3) is 0.846. The molecule has 3 rings (SSSR count). The number of aliphatic hydroxyl groups is 1. The van der Waals surface area contributed by atoms with Crippen LogP contribution >= 0.6 is 0 Å². The number of aromatic nitrogens is 3. The van der Waals surface area contributed by atoms with E-state index in [2.05, 4.69) is 26.7 Å². The van der Waals surface area contributed by atoms with Crippen molar-refractivity contribution in [3.05, 3.63) is 11.6 Å². The minimum absolute atomic E-state index is 0.273. The summed E-state index contributed by atoms with van der Waals surface area (Å²) in [6, 6.07) is 0. The van der Waals surface area contributed by atoms with Crippen molar-refractivity contribution in [2.24, 2.45) is 11.8 Å². The molecular weight excluding hydrogens is 228 g/mol. The van der Waals surface area contributed by atoms with Crippen molar-refractivity contribution in [2.45, 2.75) is 32.2 Å². The topological polar surface area (TPSA) is 54.2 Å². The van der Waals surface area contributed by atoms with Crippen LogP contribution < -0.4 is 0 Å². The minimum Gasteiger partial charge on any atom is -0.396 e. The van der Waals surface area contributed by atoms with E-state index in [0.29, 0.717) is 5.92 Å². The van der Waals surface area contributed by atoms with Gasteiger partial charge in [-0.25, -0.2) is 0 Å². The first-order valence-electron chi connectivity index (χ1n) is 6.96. The van der Waals surface area contributed by atoms with Crippen LogP contribution in [0.15, 0.2) is 0 Å². The van der Waals surface area contributed by atoms with Gasteiger partial charge in [0.15, 0.2) is 0 Å². The molecule has 3 heterocycles. The third-order valence-corrected chi connectivity index (χ3v) is 4.35. The molecule has 1 aromatic heterocycles. The highest BCUT2D eigenvalue weighted by molar-refractivity contribution is 5.02. The molecule has 2 unspecified atom stereocenters. The van der Waals surface area contributed by atoms with E-state index in [9.17, 15) is 5.11 Å². The highest BCUT2D eigenvalue weighted by Gasteiger charge is 2.26. The quantitative estimate of drug-likeness (QED) is 0.840. The summed E-state index contributed by atoms with van der Waals surface area (Å²) in [5.41, 5.74) is 0. The zero-order valence-corrected chi connectivity index (χ0v) is 11.0. The zero-order valence-electron chi connectivity index (χ0n) is 11.0. The molecule has 0 aliphatic carbocycles. The smallest absolute Gasteiger partial charge is 0.133 e. The van der Waals surface area contributed by atoms with Gasteiger partial charge in [0.1, 0.15) is 11.6 Å². The van der Waals surface area contributed by atoms with Gasteiger partial charge in [0.2, 0.25) is 0 Å². The van der Waals surface area contributed by atoms with Gasteiger partial charge in [0.25, 0.3) is 0 Å². The number of hydrogen-bond donors (Lipinski definition) is 1. The van der Waals surface area contributed by atoms with Crippen LogP contribution in [0.4, 0.5) is 0 Å². The second-order valence-corrected chi connectivity index (χ2v) is 5.85. The summed E-state index contributed by atoms with van der Waals surface area (Å²) in [7, 11) is 2.19. The molecule has 0 saturated carbocycles. The lowest BCUT2D eigenvalue weighted by atomic mass is 9.98. The lowest BCUT2D eigenvalue weighted by molar-refractivity contribution is 0.198. The van der Waals surface area contributed by atoms with E-state index < -0.39 is 0 Å². The predicted octanol–water partition coefficient (Wildman–Crippen LogP) is 0.327. The van der Waals surface area contributed by atoms with Crippen LogP contribution in [0.25, 0.3) is 0 Å². The van der Waals surface area contributed by atoms with Crippen LogP contribution in [0.1, 0.15) is 24.5 Å². The zero-order chi connectivity index (χ0) is 12.5. The third kappa shape index (κ3) is 2.29. The van der Waals surface area contributed by atoms with Gasteiger partial charge >= 0.3 is 0 Å². The number of fused-ring (bicyclic) bond motifs is 1. The molecule has 1 fully saturated rings. The second kappa shape index (κ2) is 4.97. The molecule has 0 bridgehead atoms. The number of hydrogen-bond acceptors (Lipinski definition) is 4. The van der Waals surface area contributed by atoms with Crippen molar-refractivity contribution in [3.8, 4) is 0 Å². The predicted molar refractivity (Wildman–Crippen MR) is 68.2 cm³/mol. The maximum absolute atomic E-state index is 9.22. The Labute approximate surface area is 108 Å². The van der Waals surface area contributed by atoms with E-state index in [1.54, 1.807) is 0 Å². The number of likely N-dealkylation sites (tertiary alicyclic amines) is 1. The van der Waals surface area contributed by atoms with E-state index in [4.69, 9.17) is 0 Å². The SMILES string of the molecule is CN1CCC(Cc2nnc3n2CCC(CO)C3)C1. The van der Waals surface area contributed by atoms with Gasteiger partial charge in [0.05, 0.1) is 0 Å². The molecule has 100 valence electrons. The Morgan fingerprint density at radius 1 is 1.22 bits per heavy atom. The standard InChI is InChI=1S/C13H22N4O/c1-16-4-2-10(8-16)6-12-14-15-13-7-11(9-18)3-5-17(12)13/h10-11,18H,2-9H2,1H3. The fourth-order valence-corrected chi connectivity index (χ4v) is 3.21. The van der Waals surface area contributed by atoms with Gasteiger partial charge in [-0.2, -0.15) is 0 Å². The molecule has 0 radical (unpaired) electrons. The number of rotatable bonds is 3. The summed E-state index contributed by atoms with van der Waals surface area (Å²) < 4.78 is 2.28. The van der Waals surface area contributed by atoms with Crippen molar-refractivity contribution in [1.29, 1.82) is 0 Å². The Hall–Kier alpha value is -0.940. The summed E-state index contributed by atoms with van der Waals surface area (Å²) in [5.74, 6) is 3.34. The molecule has 2 aliphatic heterocycles. The molecule has 1 aromatic rings. The highest BCUT2D eigenvalue weighted by atomic mass is 16.3. The second-order valence-electron chi connectivity index (χ2n) is 5.85. The third-order valence-electron chi connectivity index (χ3n) is 4.35. The van der Waals surface area contributed by atoms with Gasteiger partial charge in [-0.3, -0.25) is 0 Å². The summed E-state index contributed by atoms with van der Waals surface area (Å²) in [6.07, 6.45) is 4.27. The van der Waals surface area contributed by atoms with Crippen molar-refractivity contribution in [3.63, 3.8) is 0 Å². The maximum atomic E-state index is 9.22. The van der Waals surface area contributed by atoms with E-state index in [1.807, 2.05) is 0 Å². The lowest BCUT2D eigenvalue weighted by Gasteiger charge is -2.22. The molecule has 5 nitrogen and oxygen atoms in total. The summed E-state index contributed by atoms with van der Waals surface area (Å²) >= 11 is 0. The summed E-state index contributed by atoms with van der Waals surface area (Å²) in [5, 5.41) is 17.9. The number of aliphatic hydroxyl groups excluding tert-OH is 1. The first kappa shape index (κ1) is 12.1. The Balaban J connectivity index is 1.69. The lowest BCUT2D eigenvalue weighted by Crippen LogP contribution is -2.24. The average molecular weight is 250 g/mol. The van der Waals surface area contributed by atoms with Gasteiger partial charge in [-0.1, -0.05) is 0 Å². The van der Waals surface area contributed by atoms with E-state index in [1.165, 1.54) is 19.5 Å².